The second-order valence-corrected chi connectivity index (χ2v) is 4.40. The molecule has 0 radical (unpaired) electrons. The third kappa shape index (κ3) is 2.90. The van der Waals surface area contributed by atoms with E-state index in [-0.39, 0.29) is 0 Å². The molecule has 0 fully saturated rings. The van der Waals surface area contributed by atoms with Crippen molar-refractivity contribution in [1.29, 1.82) is 0 Å². The summed E-state index contributed by atoms with van der Waals surface area (Å²) in [6.45, 7) is 2.76. The number of nitrogen functional groups attached to an aromatic ring is 1. The number of nitrogens with one attached hydrogen (secondary N) is 1. The van der Waals surface area contributed by atoms with Gasteiger partial charge in [0.15, 0.2) is 0 Å². The number of aromatic nitrogens is 3. The van der Waals surface area contributed by atoms with Crippen molar-refractivity contribution in [3.63, 3.8) is 0 Å². The van der Waals surface area contributed by atoms with Gasteiger partial charge in [-0.2, -0.15) is 4.98 Å². The van der Waals surface area contributed by atoms with Gasteiger partial charge in [-0.3, -0.25) is 0 Å². The molecule has 2 aromatic heterocycles. The molecule has 3 N–H and O–H groups in total. The van der Waals surface area contributed by atoms with Crippen LogP contribution < -0.4 is 11.1 Å². The van der Waals surface area contributed by atoms with Crippen molar-refractivity contribution in [2.75, 3.05) is 17.6 Å². The van der Waals surface area contributed by atoms with Gasteiger partial charge in [-0.25, -0.2) is 9.97 Å². The van der Waals surface area contributed by atoms with Gasteiger partial charge in [-0.05, 0) is 13.0 Å². The quantitative estimate of drug-likeness (QED) is 0.839. The average molecular weight is 235 g/mol. The highest BCUT2D eigenvalue weighted by atomic mass is 32.1. The molecule has 2 rings (SSSR count). The summed E-state index contributed by atoms with van der Waals surface area (Å²) < 4.78 is 0. The highest BCUT2D eigenvalue weighted by Gasteiger charge is 1.99. The molecule has 2 heterocycles. The number of nitrogens with zero attached hydrogens (tertiary/aromatic N) is 3. The maximum atomic E-state index is 5.54. The number of rotatable bonds is 4. The molecular weight excluding hydrogens is 222 g/mol. The summed E-state index contributed by atoms with van der Waals surface area (Å²) in [5.41, 5.74) is 6.64. The molecule has 2 aromatic rings. The minimum Gasteiger partial charge on any atom is -0.384 e. The summed E-state index contributed by atoms with van der Waals surface area (Å²) in [6, 6.07) is 1.66. The van der Waals surface area contributed by atoms with Crippen LogP contribution in [0.25, 0.3) is 0 Å². The van der Waals surface area contributed by atoms with Crippen LogP contribution in [0, 0.1) is 6.92 Å². The Morgan fingerprint density at radius 1 is 1.44 bits per heavy atom. The molecule has 5 nitrogen and oxygen atoms in total. The van der Waals surface area contributed by atoms with E-state index in [1.54, 1.807) is 23.6 Å². The summed E-state index contributed by atoms with van der Waals surface area (Å²) in [5, 5.41) is 6.27. The Morgan fingerprint density at radius 2 is 2.31 bits per heavy atom. The van der Waals surface area contributed by atoms with Crippen molar-refractivity contribution < 1.29 is 0 Å². The molecule has 0 aliphatic rings. The van der Waals surface area contributed by atoms with Crippen molar-refractivity contribution in [3.05, 3.63) is 28.3 Å². The van der Waals surface area contributed by atoms with Gasteiger partial charge in [0.1, 0.15) is 5.82 Å². The molecule has 16 heavy (non-hydrogen) atoms. The normalized spacial score (nSPS) is 10.3. The Bertz CT molecular complexity index is 468. The van der Waals surface area contributed by atoms with Gasteiger partial charge in [0.25, 0.3) is 0 Å². The number of nitrogens with two attached hydrogens (primary N) is 1. The predicted molar refractivity (Wildman–Crippen MR) is 65.5 cm³/mol. The van der Waals surface area contributed by atoms with Crippen LogP contribution in [0.15, 0.2) is 17.6 Å². The molecule has 0 saturated heterocycles. The first-order chi connectivity index (χ1) is 7.74. The molecule has 0 unspecified atom stereocenters. The summed E-state index contributed by atoms with van der Waals surface area (Å²) in [5.74, 6) is 1.04. The van der Waals surface area contributed by atoms with E-state index in [2.05, 4.69) is 25.6 Å². The van der Waals surface area contributed by atoms with Gasteiger partial charge < -0.3 is 11.1 Å². The number of thiazole rings is 1. The molecule has 0 aromatic carbocycles. The fourth-order valence-electron chi connectivity index (χ4n) is 1.28. The first-order valence-electron chi connectivity index (χ1n) is 4.97. The van der Waals surface area contributed by atoms with Gasteiger partial charge >= 0.3 is 0 Å². The summed E-state index contributed by atoms with van der Waals surface area (Å²) in [7, 11) is 0. The number of aryl methyl sites for hydroxylation is 1. The van der Waals surface area contributed by atoms with Crippen molar-refractivity contribution >= 4 is 23.1 Å². The number of hydrogen-bond donors (Lipinski definition) is 2. The second kappa shape index (κ2) is 4.89. The number of anilines is 2. The zero-order valence-corrected chi connectivity index (χ0v) is 9.79. The van der Waals surface area contributed by atoms with Crippen molar-refractivity contribution in [2.45, 2.75) is 13.3 Å². The van der Waals surface area contributed by atoms with Crippen LogP contribution in [0.1, 0.15) is 10.7 Å². The molecule has 84 valence electrons. The topological polar surface area (TPSA) is 76.7 Å². The smallest absolute Gasteiger partial charge is 0.224 e. The van der Waals surface area contributed by atoms with Crippen LogP contribution in [0.4, 0.5) is 11.8 Å². The summed E-state index contributed by atoms with van der Waals surface area (Å²) in [6.07, 6.45) is 2.50. The fourth-order valence-corrected chi connectivity index (χ4v) is 1.93. The molecule has 0 aliphatic carbocycles. The van der Waals surface area contributed by atoms with Crippen molar-refractivity contribution in [3.8, 4) is 0 Å². The van der Waals surface area contributed by atoms with Crippen LogP contribution in [-0.4, -0.2) is 21.5 Å². The SMILES string of the molecule is Cc1nc(CCNc2nccc(N)n2)cs1. The van der Waals surface area contributed by atoms with Crippen LogP contribution in [-0.2, 0) is 6.42 Å². The number of hydrogen-bond acceptors (Lipinski definition) is 6. The minimum absolute atomic E-state index is 0.474. The Balaban J connectivity index is 1.84. The Kier molecular flexibility index (Phi) is 3.31. The average Bonchev–Trinajstić information content (AvgIpc) is 2.64. The molecule has 0 aliphatic heterocycles. The van der Waals surface area contributed by atoms with Crippen LogP contribution in [0.5, 0.6) is 0 Å². The third-order valence-corrected chi connectivity index (χ3v) is 2.83. The van der Waals surface area contributed by atoms with E-state index >= 15 is 0 Å². The van der Waals surface area contributed by atoms with Gasteiger partial charge in [0.2, 0.25) is 5.95 Å². The minimum atomic E-state index is 0.474. The van der Waals surface area contributed by atoms with Crippen LogP contribution in [0.2, 0.25) is 0 Å². The largest absolute Gasteiger partial charge is 0.384 e. The lowest BCUT2D eigenvalue weighted by atomic mass is 10.3. The maximum Gasteiger partial charge on any atom is 0.224 e. The molecule has 0 spiro atoms. The molecular formula is C10H13N5S. The Hall–Kier alpha value is -1.69. The molecule has 6 heteroatoms. The van der Waals surface area contributed by atoms with E-state index in [0.29, 0.717) is 11.8 Å². The Morgan fingerprint density at radius 3 is 3.00 bits per heavy atom. The summed E-state index contributed by atoms with van der Waals surface area (Å²) >= 11 is 1.66. The van der Waals surface area contributed by atoms with Crippen molar-refractivity contribution in [1.82, 2.24) is 15.0 Å². The monoisotopic (exact) mass is 235 g/mol. The van der Waals surface area contributed by atoms with E-state index in [1.165, 1.54) is 0 Å². The zero-order chi connectivity index (χ0) is 11.4. The fraction of sp³-hybridized carbons (Fsp3) is 0.300. The molecule has 0 amide bonds. The zero-order valence-electron chi connectivity index (χ0n) is 8.97. The van der Waals surface area contributed by atoms with Gasteiger partial charge in [0, 0.05) is 24.5 Å². The standard InChI is InChI=1S/C10H13N5S/c1-7-14-8(6-16-7)2-4-12-10-13-5-3-9(11)15-10/h3,5-6H,2,4H2,1H3,(H3,11,12,13,15). The lowest BCUT2D eigenvalue weighted by Crippen LogP contribution is -2.08. The third-order valence-electron chi connectivity index (χ3n) is 2.01. The van der Waals surface area contributed by atoms with Crippen molar-refractivity contribution in [2.24, 2.45) is 0 Å². The van der Waals surface area contributed by atoms with Crippen LogP contribution >= 0.6 is 11.3 Å². The lowest BCUT2D eigenvalue weighted by molar-refractivity contribution is 0.948. The molecule has 0 bridgehead atoms. The summed E-state index contributed by atoms with van der Waals surface area (Å²) in [4.78, 5) is 12.5. The first-order valence-corrected chi connectivity index (χ1v) is 5.85. The van der Waals surface area contributed by atoms with E-state index in [9.17, 15) is 0 Å². The molecule has 0 atom stereocenters. The predicted octanol–water partition coefficient (Wildman–Crippen LogP) is 1.48. The second-order valence-electron chi connectivity index (χ2n) is 3.34. The highest BCUT2D eigenvalue weighted by Crippen LogP contribution is 2.08. The lowest BCUT2D eigenvalue weighted by Gasteiger charge is -2.03. The van der Waals surface area contributed by atoms with Crippen LogP contribution in [0.3, 0.4) is 0 Å². The highest BCUT2D eigenvalue weighted by molar-refractivity contribution is 7.09. The van der Waals surface area contributed by atoms with Gasteiger partial charge in [-0.15, -0.1) is 11.3 Å². The van der Waals surface area contributed by atoms with Gasteiger partial charge in [-0.1, -0.05) is 0 Å². The van der Waals surface area contributed by atoms with E-state index < -0.39 is 0 Å². The first kappa shape index (κ1) is 10.8. The maximum absolute atomic E-state index is 5.54. The Labute approximate surface area is 97.8 Å². The van der Waals surface area contributed by atoms with E-state index in [0.717, 1.165) is 23.7 Å². The van der Waals surface area contributed by atoms with Gasteiger partial charge in [0.05, 0.1) is 10.7 Å². The van der Waals surface area contributed by atoms with E-state index in [1.807, 2.05) is 6.92 Å². The molecule has 0 saturated carbocycles. The van der Waals surface area contributed by atoms with E-state index in [4.69, 9.17) is 5.73 Å².